The van der Waals surface area contributed by atoms with Gasteiger partial charge in [0.2, 0.25) is 0 Å². The van der Waals surface area contributed by atoms with Crippen LogP contribution in [0, 0.1) is 0 Å². The van der Waals surface area contributed by atoms with Gasteiger partial charge >= 0.3 is 0 Å². The van der Waals surface area contributed by atoms with Crippen molar-refractivity contribution in [1.29, 1.82) is 0 Å². The summed E-state index contributed by atoms with van der Waals surface area (Å²) in [4.78, 5) is 14.6. The van der Waals surface area contributed by atoms with Gasteiger partial charge in [-0.1, -0.05) is 11.6 Å². The van der Waals surface area contributed by atoms with Crippen molar-refractivity contribution >= 4 is 23.2 Å². The highest BCUT2D eigenvalue weighted by Crippen LogP contribution is 2.19. The largest absolute Gasteiger partial charge is 0.398 e. The lowest BCUT2D eigenvalue weighted by molar-refractivity contribution is 0.0901. The van der Waals surface area contributed by atoms with E-state index in [-0.39, 0.29) is 11.9 Å². The molecule has 0 unspecified atom stereocenters. The monoisotopic (exact) mass is 295 g/mol. The molecule has 1 aliphatic rings. The normalized spacial score (nSPS) is 17.4. The van der Waals surface area contributed by atoms with E-state index in [4.69, 9.17) is 17.3 Å². The molecule has 1 fully saturated rings. The third-order valence-corrected chi connectivity index (χ3v) is 4.09. The van der Waals surface area contributed by atoms with Gasteiger partial charge in [-0.05, 0) is 44.9 Å². The quantitative estimate of drug-likeness (QED) is 0.843. The molecule has 2 rings (SSSR count). The highest BCUT2D eigenvalue weighted by Gasteiger charge is 2.22. The van der Waals surface area contributed by atoms with Crippen LogP contribution in [0.15, 0.2) is 18.2 Å². The lowest BCUT2D eigenvalue weighted by Gasteiger charge is -2.34. The number of carbonyl (C=O) groups excluding carboxylic acids is 1. The lowest BCUT2D eigenvalue weighted by atomic mass is 10.0. The summed E-state index contributed by atoms with van der Waals surface area (Å²) in [6.45, 7) is 6.46. The summed E-state index contributed by atoms with van der Waals surface area (Å²) in [7, 11) is 0. The molecule has 1 aromatic rings. The fourth-order valence-corrected chi connectivity index (χ4v) is 2.74. The van der Waals surface area contributed by atoms with Crippen molar-refractivity contribution in [1.82, 2.24) is 10.2 Å². The predicted octanol–water partition coefficient (Wildman–Crippen LogP) is 2.52. The number of likely N-dealkylation sites (tertiary alicyclic amines) is 1. The first-order chi connectivity index (χ1) is 9.47. The van der Waals surface area contributed by atoms with Crippen molar-refractivity contribution in [3.63, 3.8) is 0 Å². The highest BCUT2D eigenvalue weighted by atomic mass is 35.5. The van der Waals surface area contributed by atoms with Crippen LogP contribution in [0.5, 0.6) is 0 Å². The third kappa shape index (κ3) is 3.64. The van der Waals surface area contributed by atoms with Gasteiger partial charge in [0.25, 0.3) is 5.91 Å². The van der Waals surface area contributed by atoms with Crippen LogP contribution in [-0.4, -0.2) is 36.0 Å². The Labute approximate surface area is 125 Å². The number of halogens is 1. The summed E-state index contributed by atoms with van der Waals surface area (Å²) in [6, 6.07) is 5.77. The van der Waals surface area contributed by atoms with Crippen molar-refractivity contribution in [2.24, 2.45) is 0 Å². The maximum Gasteiger partial charge on any atom is 0.253 e. The minimum Gasteiger partial charge on any atom is -0.398 e. The van der Waals surface area contributed by atoms with Gasteiger partial charge in [0.15, 0.2) is 0 Å². The van der Waals surface area contributed by atoms with Crippen molar-refractivity contribution in [3.8, 4) is 0 Å². The number of nitrogen functional groups attached to an aromatic ring is 1. The summed E-state index contributed by atoms with van der Waals surface area (Å²) in [6.07, 6.45) is 1.97. The number of benzene rings is 1. The van der Waals surface area contributed by atoms with E-state index in [1.807, 2.05) is 0 Å². The number of hydrogen-bond acceptors (Lipinski definition) is 3. The first-order valence-electron chi connectivity index (χ1n) is 7.07. The smallest absolute Gasteiger partial charge is 0.253 e. The fourth-order valence-electron chi connectivity index (χ4n) is 2.56. The number of nitrogens with one attached hydrogen (secondary N) is 1. The Morgan fingerprint density at radius 3 is 2.60 bits per heavy atom. The SMILES string of the molecule is CC(C)N1CCC(NC(=O)c2ccc(Cl)cc2N)CC1. The fraction of sp³-hybridized carbons (Fsp3) is 0.533. The van der Waals surface area contributed by atoms with Crippen molar-refractivity contribution < 1.29 is 4.79 Å². The van der Waals surface area contributed by atoms with E-state index in [1.165, 1.54) is 0 Å². The maximum atomic E-state index is 12.2. The molecule has 1 saturated heterocycles. The molecule has 0 bridgehead atoms. The van der Waals surface area contributed by atoms with E-state index in [2.05, 4.69) is 24.1 Å². The summed E-state index contributed by atoms with van der Waals surface area (Å²) < 4.78 is 0. The zero-order chi connectivity index (χ0) is 14.7. The van der Waals surface area contributed by atoms with Gasteiger partial charge in [-0.25, -0.2) is 0 Å². The molecule has 110 valence electrons. The lowest BCUT2D eigenvalue weighted by Crippen LogP contribution is -2.46. The third-order valence-electron chi connectivity index (χ3n) is 3.85. The zero-order valence-electron chi connectivity index (χ0n) is 12.0. The van der Waals surface area contributed by atoms with Crippen LogP contribution in [0.25, 0.3) is 0 Å². The summed E-state index contributed by atoms with van der Waals surface area (Å²) in [5.74, 6) is -0.109. The maximum absolute atomic E-state index is 12.2. The van der Waals surface area contributed by atoms with E-state index in [9.17, 15) is 4.79 Å². The van der Waals surface area contributed by atoms with Crippen LogP contribution in [-0.2, 0) is 0 Å². The standard InChI is InChI=1S/C15H22ClN3O/c1-10(2)19-7-5-12(6-8-19)18-15(20)13-4-3-11(16)9-14(13)17/h3-4,9-10,12H,5-8,17H2,1-2H3,(H,18,20). The minimum absolute atomic E-state index is 0.109. The van der Waals surface area contributed by atoms with Crippen LogP contribution in [0.1, 0.15) is 37.0 Å². The Kier molecular flexibility index (Phi) is 4.89. The molecule has 3 N–H and O–H groups in total. The Hall–Kier alpha value is -1.26. The number of rotatable bonds is 3. The average Bonchev–Trinajstić information content (AvgIpc) is 2.39. The zero-order valence-corrected chi connectivity index (χ0v) is 12.8. The molecule has 0 aromatic heterocycles. The topological polar surface area (TPSA) is 58.4 Å². The molecule has 1 aliphatic heterocycles. The van der Waals surface area contributed by atoms with Gasteiger partial charge in [-0.3, -0.25) is 4.79 Å². The van der Waals surface area contributed by atoms with Gasteiger partial charge in [0, 0.05) is 35.9 Å². The number of amides is 1. The Bertz CT molecular complexity index is 482. The summed E-state index contributed by atoms with van der Waals surface area (Å²) in [5.41, 5.74) is 6.76. The molecule has 4 nitrogen and oxygen atoms in total. The Morgan fingerprint density at radius 1 is 1.40 bits per heavy atom. The van der Waals surface area contributed by atoms with Gasteiger partial charge in [0.05, 0.1) is 5.56 Å². The Morgan fingerprint density at radius 2 is 2.05 bits per heavy atom. The molecular formula is C15H22ClN3O. The van der Waals surface area contributed by atoms with Crippen LogP contribution in [0.4, 0.5) is 5.69 Å². The molecule has 20 heavy (non-hydrogen) atoms. The van der Waals surface area contributed by atoms with E-state index in [0.29, 0.717) is 22.3 Å². The Balaban J connectivity index is 1.92. The second kappa shape index (κ2) is 6.46. The molecule has 5 heteroatoms. The molecule has 0 saturated carbocycles. The molecule has 0 spiro atoms. The molecule has 0 radical (unpaired) electrons. The highest BCUT2D eigenvalue weighted by molar-refractivity contribution is 6.31. The molecule has 1 heterocycles. The first kappa shape index (κ1) is 15.1. The van der Waals surface area contributed by atoms with E-state index < -0.39 is 0 Å². The summed E-state index contributed by atoms with van der Waals surface area (Å²) >= 11 is 5.84. The number of hydrogen-bond donors (Lipinski definition) is 2. The van der Waals surface area contributed by atoms with Crippen LogP contribution in [0.2, 0.25) is 5.02 Å². The van der Waals surface area contributed by atoms with Crippen molar-refractivity contribution in [2.45, 2.75) is 38.8 Å². The number of nitrogens with two attached hydrogens (primary N) is 1. The van der Waals surface area contributed by atoms with Gasteiger partial charge < -0.3 is 16.0 Å². The van der Waals surface area contributed by atoms with Gasteiger partial charge in [-0.15, -0.1) is 0 Å². The second-order valence-electron chi connectivity index (χ2n) is 5.61. The molecular weight excluding hydrogens is 274 g/mol. The molecule has 1 amide bonds. The first-order valence-corrected chi connectivity index (χ1v) is 7.45. The second-order valence-corrected chi connectivity index (χ2v) is 6.05. The minimum atomic E-state index is -0.109. The van der Waals surface area contributed by atoms with Crippen LogP contribution in [0.3, 0.4) is 0 Å². The van der Waals surface area contributed by atoms with E-state index >= 15 is 0 Å². The number of nitrogens with zero attached hydrogens (tertiary/aromatic N) is 1. The van der Waals surface area contributed by atoms with Gasteiger partial charge in [0.1, 0.15) is 0 Å². The van der Waals surface area contributed by atoms with Crippen LogP contribution < -0.4 is 11.1 Å². The average molecular weight is 296 g/mol. The van der Waals surface area contributed by atoms with Gasteiger partial charge in [-0.2, -0.15) is 0 Å². The summed E-state index contributed by atoms with van der Waals surface area (Å²) in [5, 5.41) is 3.61. The van der Waals surface area contributed by atoms with E-state index in [1.54, 1.807) is 18.2 Å². The van der Waals surface area contributed by atoms with Crippen molar-refractivity contribution in [3.05, 3.63) is 28.8 Å². The van der Waals surface area contributed by atoms with Crippen LogP contribution >= 0.6 is 11.6 Å². The molecule has 0 atom stereocenters. The predicted molar refractivity (Wildman–Crippen MR) is 83.1 cm³/mol. The van der Waals surface area contributed by atoms with Crippen molar-refractivity contribution in [2.75, 3.05) is 18.8 Å². The number of carbonyl (C=O) groups is 1. The van der Waals surface area contributed by atoms with E-state index in [0.717, 1.165) is 25.9 Å². The number of piperidine rings is 1. The number of anilines is 1. The molecule has 0 aliphatic carbocycles. The molecule has 1 aromatic carbocycles.